The normalized spacial score (nSPS) is 11.2. The predicted molar refractivity (Wildman–Crippen MR) is 75.6 cm³/mol. The fraction of sp³-hybridized carbons (Fsp3) is 0.0714. The van der Waals surface area contributed by atoms with Gasteiger partial charge in [0.15, 0.2) is 0 Å². The monoisotopic (exact) mass is 312 g/mol. The Morgan fingerprint density at radius 2 is 1.90 bits per heavy atom. The number of fused-ring (bicyclic) bond motifs is 1. The highest BCUT2D eigenvalue weighted by Gasteiger charge is 2.15. The van der Waals surface area contributed by atoms with Crippen LogP contribution in [0.2, 0.25) is 5.02 Å². The highest BCUT2D eigenvalue weighted by Crippen LogP contribution is 2.27. The van der Waals surface area contributed by atoms with Crippen molar-refractivity contribution in [2.24, 2.45) is 0 Å². The second-order valence-corrected chi connectivity index (χ2v) is 4.93. The maximum atomic E-state index is 14.0. The minimum atomic E-state index is -0.685. The molecular formula is C14H8Cl2F2N2. The Balaban J connectivity index is 2.36. The van der Waals surface area contributed by atoms with Crippen LogP contribution in [0.1, 0.15) is 5.82 Å². The van der Waals surface area contributed by atoms with E-state index in [0.29, 0.717) is 21.9 Å². The van der Waals surface area contributed by atoms with Gasteiger partial charge in [-0.3, -0.25) is 4.57 Å². The van der Waals surface area contributed by atoms with Gasteiger partial charge in [-0.2, -0.15) is 0 Å². The molecule has 3 aromatic rings. The summed E-state index contributed by atoms with van der Waals surface area (Å²) in [6.45, 7) is 0. The number of hydrogen-bond donors (Lipinski definition) is 0. The van der Waals surface area contributed by atoms with Crippen molar-refractivity contribution in [2.75, 3.05) is 0 Å². The summed E-state index contributed by atoms with van der Waals surface area (Å²) in [6, 6.07) is 8.45. The van der Waals surface area contributed by atoms with E-state index in [2.05, 4.69) is 4.98 Å². The molecule has 1 heterocycles. The molecule has 0 fully saturated rings. The minimum Gasteiger partial charge on any atom is -0.292 e. The Kier molecular flexibility index (Phi) is 3.36. The van der Waals surface area contributed by atoms with E-state index in [1.54, 1.807) is 22.8 Å². The summed E-state index contributed by atoms with van der Waals surface area (Å²) in [7, 11) is 0. The Hall–Kier alpha value is -1.65. The van der Waals surface area contributed by atoms with Gasteiger partial charge in [-0.15, -0.1) is 11.6 Å². The third kappa shape index (κ3) is 2.15. The molecule has 20 heavy (non-hydrogen) atoms. The highest BCUT2D eigenvalue weighted by molar-refractivity contribution is 6.31. The van der Waals surface area contributed by atoms with Gasteiger partial charge in [-0.05, 0) is 30.3 Å². The van der Waals surface area contributed by atoms with Crippen molar-refractivity contribution in [3.8, 4) is 5.69 Å². The topological polar surface area (TPSA) is 17.8 Å². The molecule has 0 unspecified atom stereocenters. The Morgan fingerprint density at radius 1 is 1.10 bits per heavy atom. The van der Waals surface area contributed by atoms with E-state index in [9.17, 15) is 8.78 Å². The molecule has 0 spiro atoms. The van der Waals surface area contributed by atoms with Crippen molar-refractivity contribution in [3.05, 3.63) is 58.9 Å². The number of alkyl halides is 1. The van der Waals surface area contributed by atoms with E-state index in [4.69, 9.17) is 23.2 Å². The smallest absolute Gasteiger partial charge is 0.150 e. The van der Waals surface area contributed by atoms with Crippen LogP contribution in [-0.2, 0) is 5.88 Å². The summed E-state index contributed by atoms with van der Waals surface area (Å²) < 4.78 is 28.6. The quantitative estimate of drug-likeness (QED) is 0.627. The molecular weight excluding hydrogens is 305 g/mol. The van der Waals surface area contributed by atoms with Crippen LogP contribution in [0.25, 0.3) is 16.7 Å². The van der Waals surface area contributed by atoms with Crippen LogP contribution >= 0.6 is 23.2 Å². The van der Waals surface area contributed by atoms with Gasteiger partial charge in [0.05, 0.1) is 22.6 Å². The third-order valence-corrected chi connectivity index (χ3v) is 3.43. The second kappa shape index (κ2) is 5.04. The maximum absolute atomic E-state index is 14.0. The molecule has 1 aromatic heterocycles. The van der Waals surface area contributed by atoms with Crippen molar-refractivity contribution in [3.63, 3.8) is 0 Å². The first-order chi connectivity index (χ1) is 9.60. The molecule has 0 saturated heterocycles. The number of halogens is 4. The zero-order chi connectivity index (χ0) is 14.3. The van der Waals surface area contributed by atoms with Gasteiger partial charge in [0, 0.05) is 11.1 Å². The molecule has 2 nitrogen and oxygen atoms in total. The lowest BCUT2D eigenvalue weighted by atomic mass is 10.2. The number of imidazole rings is 1. The first-order valence-corrected chi connectivity index (χ1v) is 6.69. The zero-order valence-corrected chi connectivity index (χ0v) is 11.6. The van der Waals surface area contributed by atoms with Crippen molar-refractivity contribution in [1.82, 2.24) is 9.55 Å². The zero-order valence-electron chi connectivity index (χ0n) is 10.1. The first-order valence-electron chi connectivity index (χ1n) is 5.78. The van der Waals surface area contributed by atoms with Gasteiger partial charge >= 0.3 is 0 Å². The molecule has 0 N–H and O–H groups in total. The lowest BCUT2D eigenvalue weighted by molar-refractivity contribution is 0.577. The van der Waals surface area contributed by atoms with E-state index in [1.165, 1.54) is 12.1 Å². The molecule has 102 valence electrons. The number of nitrogens with zero attached hydrogens (tertiary/aromatic N) is 2. The van der Waals surface area contributed by atoms with Crippen LogP contribution in [0.3, 0.4) is 0 Å². The van der Waals surface area contributed by atoms with Crippen LogP contribution in [0.4, 0.5) is 8.78 Å². The van der Waals surface area contributed by atoms with Gasteiger partial charge in [0.1, 0.15) is 17.5 Å². The molecule has 6 heteroatoms. The maximum Gasteiger partial charge on any atom is 0.150 e. The molecule has 0 amide bonds. The SMILES string of the molecule is Fc1ccc(-n2c(CCl)nc3ccc(Cl)cc32)c(F)c1. The van der Waals surface area contributed by atoms with Crippen LogP contribution < -0.4 is 0 Å². The molecule has 0 radical (unpaired) electrons. The summed E-state index contributed by atoms with van der Waals surface area (Å²) in [5.74, 6) is -0.755. The molecule has 0 aliphatic carbocycles. The number of rotatable bonds is 2. The summed E-state index contributed by atoms with van der Waals surface area (Å²) in [5.41, 5.74) is 1.46. The second-order valence-electron chi connectivity index (χ2n) is 4.23. The Bertz CT molecular complexity index is 799. The lowest BCUT2D eigenvalue weighted by Crippen LogP contribution is -2.02. The predicted octanol–water partition coefficient (Wildman–Crippen LogP) is 4.70. The summed E-state index contributed by atoms with van der Waals surface area (Å²) >= 11 is 11.8. The number of hydrogen-bond acceptors (Lipinski definition) is 1. The van der Waals surface area contributed by atoms with E-state index in [-0.39, 0.29) is 11.6 Å². The molecule has 0 aliphatic rings. The molecule has 0 bridgehead atoms. The van der Waals surface area contributed by atoms with Crippen LogP contribution in [-0.4, -0.2) is 9.55 Å². The average Bonchev–Trinajstić information content (AvgIpc) is 2.76. The van der Waals surface area contributed by atoms with Crippen LogP contribution in [0.5, 0.6) is 0 Å². The van der Waals surface area contributed by atoms with Crippen molar-refractivity contribution in [1.29, 1.82) is 0 Å². The van der Waals surface area contributed by atoms with Crippen molar-refractivity contribution >= 4 is 34.2 Å². The van der Waals surface area contributed by atoms with E-state index < -0.39 is 11.6 Å². The van der Waals surface area contributed by atoms with Crippen LogP contribution in [0, 0.1) is 11.6 Å². The molecule has 0 atom stereocenters. The molecule has 0 aliphatic heterocycles. The lowest BCUT2D eigenvalue weighted by Gasteiger charge is -2.09. The minimum absolute atomic E-state index is 0.100. The largest absolute Gasteiger partial charge is 0.292 e. The third-order valence-electron chi connectivity index (χ3n) is 2.96. The fourth-order valence-corrected chi connectivity index (χ4v) is 2.46. The number of benzene rings is 2. The number of aromatic nitrogens is 2. The van der Waals surface area contributed by atoms with E-state index in [1.807, 2.05) is 0 Å². The van der Waals surface area contributed by atoms with Gasteiger partial charge < -0.3 is 0 Å². The summed E-state index contributed by atoms with van der Waals surface area (Å²) in [4.78, 5) is 4.32. The van der Waals surface area contributed by atoms with E-state index in [0.717, 1.165) is 6.07 Å². The van der Waals surface area contributed by atoms with Gasteiger partial charge in [-0.25, -0.2) is 13.8 Å². The average molecular weight is 313 g/mol. The summed E-state index contributed by atoms with van der Waals surface area (Å²) in [6.07, 6.45) is 0. The summed E-state index contributed by atoms with van der Waals surface area (Å²) in [5, 5.41) is 0.502. The van der Waals surface area contributed by atoms with E-state index >= 15 is 0 Å². The highest BCUT2D eigenvalue weighted by atomic mass is 35.5. The Labute approximate surface area is 123 Å². The van der Waals surface area contributed by atoms with Gasteiger partial charge in [0.2, 0.25) is 0 Å². The van der Waals surface area contributed by atoms with Gasteiger partial charge in [0.25, 0.3) is 0 Å². The fourth-order valence-electron chi connectivity index (χ4n) is 2.12. The molecule has 2 aromatic carbocycles. The molecule has 3 rings (SSSR count). The first kappa shape index (κ1) is 13.3. The standard InChI is InChI=1S/C14H8Cl2F2N2/c15-7-14-19-11-3-1-8(16)5-13(11)20(14)12-4-2-9(17)6-10(12)18/h1-6H,7H2. The van der Waals surface area contributed by atoms with Crippen LogP contribution in [0.15, 0.2) is 36.4 Å². The Morgan fingerprint density at radius 3 is 2.60 bits per heavy atom. The van der Waals surface area contributed by atoms with Crippen molar-refractivity contribution in [2.45, 2.75) is 5.88 Å². The van der Waals surface area contributed by atoms with Crippen molar-refractivity contribution < 1.29 is 8.78 Å². The molecule has 0 saturated carbocycles. The van der Waals surface area contributed by atoms with Gasteiger partial charge in [-0.1, -0.05) is 11.6 Å².